The Labute approximate surface area is 124 Å². The van der Waals surface area contributed by atoms with Crippen molar-refractivity contribution in [3.8, 4) is 0 Å². The van der Waals surface area contributed by atoms with Crippen molar-refractivity contribution in [2.75, 3.05) is 0 Å². The summed E-state index contributed by atoms with van der Waals surface area (Å²) in [7, 11) is 0. The van der Waals surface area contributed by atoms with E-state index >= 15 is 0 Å². The summed E-state index contributed by atoms with van der Waals surface area (Å²) >= 11 is 0. The van der Waals surface area contributed by atoms with Gasteiger partial charge < -0.3 is 0 Å². The fraction of sp³-hybridized carbons (Fsp3) is 0.263. The molecule has 1 aliphatic rings. The van der Waals surface area contributed by atoms with E-state index in [1.165, 1.54) is 0 Å². The SMILES string of the molecule is O=C(CC(C(=O)c1ccccc1)c1ccccc1)C1CC1. The molecule has 2 aromatic carbocycles. The first kappa shape index (κ1) is 13.7. The van der Waals surface area contributed by atoms with Gasteiger partial charge in [0.05, 0.1) is 5.92 Å². The molecule has 0 aliphatic heterocycles. The first-order valence-corrected chi connectivity index (χ1v) is 7.42. The van der Waals surface area contributed by atoms with Crippen LogP contribution in [0.1, 0.15) is 41.1 Å². The van der Waals surface area contributed by atoms with Crippen LogP contribution in [0, 0.1) is 5.92 Å². The Morgan fingerprint density at radius 2 is 1.48 bits per heavy atom. The van der Waals surface area contributed by atoms with Gasteiger partial charge in [-0.3, -0.25) is 9.59 Å². The maximum Gasteiger partial charge on any atom is 0.170 e. The highest BCUT2D eigenvalue weighted by Gasteiger charge is 2.33. The highest BCUT2D eigenvalue weighted by Crippen LogP contribution is 2.34. The van der Waals surface area contributed by atoms with E-state index in [0.29, 0.717) is 12.0 Å². The Balaban J connectivity index is 1.88. The second-order valence-corrected chi connectivity index (χ2v) is 5.64. The monoisotopic (exact) mass is 278 g/mol. The number of Topliss-reactive ketones (excluding diaryl/α,β-unsaturated/α-hetero) is 2. The molecule has 21 heavy (non-hydrogen) atoms. The van der Waals surface area contributed by atoms with E-state index in [2.05, 4.69) is 0 Å². The van der Waals surface area contributed by atoms with Crippen LogP contribution in [0.25, 0.3) is 0 Å². The molecule has 1 fully saturated rings. The molecule has 1 aliphatic carbocycles. The van der Waals surface area contributed by atoms with E-state index in [1.54, 1.807) is 0 Å². The average Bonchev–Trinajstić information content (AvgIpc) is 3.38. The number of carbonyl (C=O) groups excluding carboxylic acids is 2. The molecule has 1 atom stereocenters. The molecule has 0 bridgehead atoms. The largest absolute Gasteiger partial charge is 0.299 e. The number of ketones is 2. The van der Waals surface area contributed by atoms with Crippen LogP contribution in [-0.2, 0) is 4.79 Å². The van der Waals surface area contributed by atoms with Crippen LogP contribution in [0.4, 0.5) is 0 Å². The molecule has 1 unspecified atom stereocenters. The number of hydrogen-bond acceptors (Lipinski definition) is 2. The molecule has 0 amide bonds. The normalized spacial score (nSPS) is 15.4. The van der Waals surface area contributed by atoms with E-state index in [4.69, 9.17) is 0 Å². The van der Waals surface area contributed by atoms with Crippen molar-refractivity contribution in [2.45, 2.75) is 25.2 Å². The number of hydrogen-bond donors (Lipinski definition) is 0. The maximum atomic E-state index is 12.8. The van der Waals surface area contributed by atoms with E-state index in [1.807, 2.05) is 60.7 Å². The molecule has 0 radical (unpaired) electrons. The first-order valence-electron chi connectivity index (χ1n) is 7.42. The van der Waals surface area contributed by atoms with Crippen LogP contribution in [-0.4, -0.2) is 11.6 Å². The second-order valence-electron chi connectivity index (χ2n) is 5.64. The molecule has 0 N–H and O–H groups in total. The Morgan fingerprint density at radius 3 is 2.05 bits per heavy atom. The molecule has 2 nitrogen and oxygen atoms in total. The van der Waals surface area contributed by atoms with Gasteiger partial charge >= 0.3 is 0 Å². The Kier molecular flexibility index (Phi) is 3.96. The third-order valence-corrected chi connectivity index (χ3v) is 4.01. The lowest BCUT2D eigenvalue weighted by Crippen LogP contribution is -2.18. The van der Waals surface area contributed by atoms with Gasteiger partial charge in [0.15, 0.2) is 5.78 Å². The summed E-state index contributed by atoms with van der Waals surface area (Å²) in [6.45, 7) is 0. The van der Waals surface area contributed by atoms with Crippen molar-refractivity contribution >= 4 is 11.6 Å². The van der Waals surface area contributed by atoms with Crippen molar-refractivity contribution in [3.05, 3.63) is 71.8 Å². The molecule has 0 heterocycles. The summed E-state index contributed by atoms with van der Waals surface area (Å²) in [4.78, 5) is 24.9. The molecule has 2 heteroatoms. The highest BCUT2D eigenvalue weighted by molar-refractivity contribution is 6.03. The summed E-state index contributed by atoms with van der Waals surface area (Å²) in [6.07, 6.45) is 2.29. The highest BCUT2D eigenvalue weighted by atomic mass is 16.1. The quantitative estimate of drug-likeness (QED) is 0.748. The minimum absolute atomic E-state index is 0.0378. The van der Waals surface area contributed by atoms with Crippen molar-refractivity contribution in [2.24, 2.45) is 5.92 Å². The Morgan fingerprint density at radius 1 is 0.905 bits per heavy atom. The van der Waals surface area contributed by atoms with Gasteiger partial charge in [0.1, 0.15) is 5.78 Å². The predicted octanol–water partition coefficient (Wildman–Crippen LogP) is 4.02. The van der Waals surface area contributed by atoms with Crippen molar-refractivity contribution in [1.82, 2.24) is 0 Å². The molecule has 3 rings (SSSR count). The standard InChI is InChI=1S/C19H18O2/c20-18(15-11-12-15)13-17(14-7-3-1-4-8-14)19(21)16-9-5-2-6-10-16/h1-10,15,17H,11-13H2. The third kappa shape index (κ3) is 3.27. The first-order chi connectivity index (χ1) is 10.3. The maximum absolute atomic E-state index is 12.8. The van der Waals surface area contributed by atoms with E-state index in [-0.39, 0.29) is 23.4 Å². The van der Waals surface area contributed by atoms with Crippen LogP contribution in [0.2, 0.25) is 0 Å². The van der Waals surface area contributed by atoms with Crippen LogP contribution in [0.5, 0.6) is 0 Å². The molecular weight excluding hydrogens is 260 g/mol. The van der Waals surface area contributed by atoms with Gasteiger partial charge in [-0.2, -0.15) is 0 Å². The number of carbonyl (C=O) groups is 2. The van der Waals surface area contributed by atoms with Crippen LogP contribution in [0.15, 0.2) is 60.7 Å². The van der Waals surface area contributed by atoms with Crippen molar-refractivity contribution in [1.29, 1.82) is 0 Å². The zero-order chi connectivity index (χ0) is 14.7. The summed E-state index contributed by atoms with van der Waals surface area (Å²) < 4.78 is 0. The van der Waals surface area contributed by atoms with E-state index in [0.717, 1.165) is 18.4 Å². The third-order valence-electron chi connectivity index (χ3n) is 4.01. The van der Waals surface area contributed by atoms with Gasteiger partial charge in [0.25, 0.3) is 0 Å². The van der Waals surface area contributed by atoms with Crippen LogP contribution in [0.3, 0.4) is 0 Å². The molecule has 106 valence electrons. The Bertz CT molecular complexity index is 627. The minimum Gasteiger partial charge on any atom is -0.299 e. The molecule has 0 spiro atoms. The molecular formula is C19H18O2. The molecule has 0 aromatic heterocycles. The van der Waals surface area contributed by atoms with Crippen molar-refractivity contribution in [3.63, 3.8) is 0 Å². The Hall–Kier alpha value is -2.22. The van der Waals surface area contributed by atoms with Gasteiger partial charge in [-0.15, -0.1) is 0 Å². The zero-order valence-electron chi connectivity index (χ0n) is 11.9. The van der Waals surface area contributed by atoms with Gasteiger partial charge in [-0.1, -0.05) is 60.7 Å². The smallest absolute Gasteiger partial charge is 0.170 e. The topological polar surface area (TPSA) is 34.1 Å². The summed E-state index contributed by atoms with van der Waals surface area (Å²) in [5.74, 6) is 0.102. The average molecular weight is 278 g/mol. The van der Waals surface area contributed by atoms with Crippen LogP contribution >= 0.6 is 0 Å². The zero-order valence-corrected chi connectivity index (χ0v) is 11.9. The summed E-state index contributed by atoms with van der Waals surface area (Å²) in [5, 5.41) is 0. The number of benzene rings is 2. The van der Waals surface area contributed by atoms with E-state index in [9.17, 15) is 9.59 Å². The van der Waals surface area contributed by atoms with E-state index < -0.39 is 0 Å². The summed E-state index contributed by atoms with van der Waals surface area (Å²) in [5.41, 5.74) is 1.61. The minimum atomic E-state index is -0.360. The molecule has 1 saturated carbocycles. The fourth-order valence-corrected chi connectivity index (χ4v) is 2.62. The van der Waals surface area contributed by atoms with Gasteiger partial charge in [0.2, 0.25) is 0 Å². The lowest BCUT2D eigenvalue weighted by Gasteiger charge is -2.15. The van der Waals surface area contributed by atoms with Gasteiger partial charge in [-0.25, -0.2) is 0 Å². The van der Waals surface area contributed by atoms with Crippen LogP contribution < -0.4 is 0 Å². The molecule has 0 saturated heterocycles. The second kappa shape index (κ2) is 6.04. The molecule has 2 aromatic rings. The van der Waals surface area contributed by atoms with Crippen molar-refractivity contribution < 1.29 is 9.59 Å². The fourth-order valence-electron chi connectivity index (χ4n) is 2.62. The number of rotatable bonds is 6. The van der Waals surface area contributed by atoms with Gasteiger partial charge in [0, 0.05) is 17.9 Å². The summed E-state index contributed by atoms with van der Waals surface area (Å²) in [6, 6.07) is 18.9. The lowest BCUT2D eigenvalue weighted by molar-refractivity contribution is -0.120. The predicted molar refractivity (Wildman–Crippen MR) is 82.3 cm³/mol. The van der Waals surface area contributed by atoms with Gasteiger partial charge in [-0.05, 0) is 18.4 Å². The lowest BCUT2D eigenvalue weighted by atomic mass is 9.86.